The molecule has 2 aromatic carbocycles. The van der Waals surface area contributed by atoms with E-state index in [9.17, 15) is 19.6 Å². The van der Waals surface area contributed by atoms with E-state index in [-0.39, 0.29) is 24.0 Å². The maximum Gasteiger partial charge on any atom is 0.337 e. The Hall–Kier alpha value is -2.99. The minimum atomic E-state index is -0.489. The SMILES string of the molecule is COC(=O)c1ccc([C@@H]2CC(=O)NC(SCC(=O)Nc3ccc(Cl)cc3Cl)=C2C#N)cc1. The fourth-order valence-corrected chi connectivity index (χ4v) is 4.43. The monoisotopic (exact) mass is 489 g/mol. The standard InChI is InChI=1S/C22H17Cl2N3O4S/c1-31-22(30)13-4-2-12(3-5-13)15-9-19(28)27-21(16(15)10-25)32-11-20(29)26-18-7-6-14(23)8-17(18)24/h2-8,15H,9,11H2,1H3,(H,26,29)(H,27,28)/t15-/m0/s1. The molecule has 0 aromatic heterocycles. The number of rotatable bonds is 6. The number of benzene rings is 2. The molecule has 2 amide bonds. The van der Waals surface area contributed by atoms with Gasteiger partial charge in [-0.25, -0.2) is 4.79 Å². The van der Waals surface area contributed by atoms with Gasteiger partial charge < -0.3 is 15.4 Å². The number of ether oxygens (including phenoxy) is 1. The zero-order valence-electron chi connectivity index (χ0n) is 16.8. The van der Waals surface area contributed by atoms with Gasteiger partial charge in [0.25, 0.3) is 0 Å². The van der Waals surface area contributed by atoms with E-state index in [4.69, 9.17) is 23.2 Å². The summed E-state index contributed by atoms with van der Waals surface area (Å²) in [5.41, 5.74) is 1.83. The maximum atomic E-state index is 12.4. The molecular weight excluding hydrogens is 473 g/mol. The number of methoxy groups -OCH3 is 1. The first kappa shape index (κ1) is 23.7. The van der Waals surface area contributed by atoms with Gasteiger partial charge in [-0.05, 0) is 35.9 Å². The molecule has 1 aliphatic heterocycles. The fraction of sp³-hybridized carbons (Fsp3) is 0.182. The highest BCUT2D eigenvalue weighted by Gasteiger charge is 2.30. The van der Waals surface area contributed by atoms with E-state index in [1.165, 1.54) is 13.2 Å². The quantitative estimate of drug-likeness (QED) is 0.578. The van der Waals surface area contributed by atoms with Crippen molar-refractivity contribution < 1.29 is 19.1 Å². The van der Waals surface area contributed by atoms with Crippen LogP contribution in [-0.4, -0.2) is 30.6 Å². The lowest BCUT2D eigenvalue weighted by molar-refractivity contribution is -0.121. The third kappa shape index (κ3) is 5.62. The number of amides is 2. The molecule has 0 saturated heterocycles. The Labute approximate surface area is 198 Å². The van der Waals surface area contributed by atoms with E-state index in [1.54, 1.807) is 36.4 Å². The Morgan fingerprint density at radius 1 is 1.25 bits per heavy atom. The molecule has 32 heavy (non-hydrogen) atoms. The van der Waals surface area contributed by atoms with Crippen LogP contribution in [0, 0.1) is 11.3 Å². The lowest BCUT2D eigenvalue weighted by atomic mass is 9.87. The van der Waals surface area contributed by atoms with Crippen molar-refractivity contribution in [2.24, 2.45) is 0 Å². The average molecular weight is 490 g/mol. The van der Waals surface area contributed by atoms with Gasteiger partial charge in [0.1, 0.15) is 0 Å². The second-order valence-corrected chi connectivity index (χ2v) is 8.56. The number of esters is 1. The van der Waals surface area contributed by atoms with E-state index in [2.05, 4.69) is 21.4 Å². The fourth-order valence-electron chi connectivity index (χ4n) is 3.10. The van der Waals surface area contributed by atoms with Crippen molar-refractivity contribution in [3.8, 4) is 6.07 Å². The van der Waals surface area contributed by atoms with Crippen molar-refractivity contribution in [2.75, 3.05) is 18.2 Å². The van der Waals surface area contributed by atoms with Crippen molar-refractivity contribution >= 4 is 58.4 Å². The largest absolute Gasteiger partial charge is 0.465 e. The molecule has 3 rings (SSSR count). The summed E-state index contributed by atoms with van der Waals surface area (Å²) in [4.78, 5) is 36.3. The molecular formula is C22H17Cl2N3O4S. The van der Waals surface area contributed by atoms with Crippen molar-refractivity contribution in [2.45, 2.75) is 12.3 Å². The molecule has 0 spiro atoms. The Morgan fingerprint density at radius 2 is 1.97 bits per heavy atom. The van der Waals surface area contributed by atoms with Gasteiger partial charge in [0.2, 0.25) is 11.8 Å². The van der Waals surface area contributed by atoms with Crippen LogP contribution < -0.4 is 10.6 Å². The highest BCUT2D eigenvalue weighted by molar-refractivity contribution is 8.03. The van der Waals surface area contributed by atoms with Crippen LogP contribution in [0.1, 0.15) is 28.3 Å². The average Bonchev–Trinajstić information content (AvgIpc) is 2.78. The molecule has 0 aliphatic carbocycles. The number of nitriles is 1. The van der Waals surface area contributed by atoms with Crippen molar-refractivity contribution in [1.29, 1.82) is 5.26 Å². The molecule has 1 aliphatic rings. The van der Waals surface area contributed by atoms with Crippen LogP contribution in [0.15, 0.2) is 53.1 Å². The number of allylic oxidation sites excluding steroid dienone is 1. The van der Waals surface area contributed by atoms with Gasteiger partial charge in [-0.1, -0.05) is 47.1 Å². The number of nitrogens with zero attached hydrogens (tertiary/aromatic N) is 1. The first-order chi connectivity index (χ1) is 15.3. The summed E-state index contributed by atoms with van der Waals surface area (Å²) in [7, 11) is 1.29. The minimum absolute atomic E-state index is 0.0479. The summed E-state index contributed by atoms with van der Waals surface area (Å²) in [5.74, 6) is -1.64. The number of halogens is 2. The van der Waals surface area contributed by atoms with E-state index >= 15 is 0 Å². The van der Waals surface area contributed by atoms with Crippen LogP contribution in [0.4, 0.5) is 5.69 Å². The number of thioether (sulfide) groups is 1. The molecule has 0 bridgehead atoms. The topological polar surface area (TPSA) is 108 Å². The molecule has 2 aromatic rings. The molecule has 0 fully saturated rings. The van der Waals surface area contributed by atoms with Crippen molar-refractivity contribution in [3.05, 3.63) is 74.2 Å². The van der Waals surface area contributed by atoms with Crippen LogP contribution in [0.2, 0.25) is 10.0 Å². The van der Waals surface area contributed by atoms with Gasteiger partial charge in [-0.15, -0.1) is 0 Å². The summed E-state index contributed by atoms with van der Waals surface area (Å²) in [6, 6.07) is 13.4. The van der Waals surface area contributed by atoms with Gasteiger partial charge in [0.05, 0.1) is 45.8 Å². The van der Waals surface area contributed by atoms with Crippen molar-refractivity contribution in [1.82, 2.24) is 5.32 Å². The van der Waals surface area contributed by atoms with Crippen LogP contribution in [-0.2, 0) is 14.3 Å². The predicted octanol–water partition coefficient (Wildman–Crippen LogP) is 4.49. The summed E-state index contributed by atoms with van der Waals surface area (Å²) in [5, 5.41) is 16.2. The number of carbonyl (C=O) groups is 3. The van der Waals surface area contributed by atoms with Gasteiger partial charge in [0, 0.05) is 17.4 Å². The molecule has 0 radical (unpaired) electrons. The van der Waals surface area contributed by atoms with Gasteiger partial charge >= 0.3 is 5.97 Å². The third-order valence-electron chi connectivity index (χ3n) is 4.64. The van der Waals surface area contributed by atoms with Gasteiger partial charge in [0.15, 0.2) is 0 Å². The van der Waals surface area contributed by atoms with E-state index in [0.29, 0.717) is 37.5 Å². The van der Waals surface area contributed by atoms with Gasteiger partial charge in [-0.2, -0.15) is 5.26 Å². The molecule has 164 valence electrons. The highest BCUT2D eigenvalue weighted by Crippen LogP contribution is 2.36. The van der Waals surface area contributed by atoms with Crippen molar-refractivity contribution in [3.63, 3.8) is 0 Å². The zero-order valence-corrected chi connectivity index (χ0v) is 19.1. The molecule has 10 heteroatoms. The molecule has 1 atom stereocenters. The molecule has 2 N–H and O–H groups in total. The first-order valence-corrected chi connectivity index (χ1v) is 11.1. The summed E-state index contributed by atoms with van der Waals surface area (Å²) in [6.45, 7) is 0. The molecule has 0 saturated carbocycles. The van der Waals surface area contributed by atoms with E-state index in [0.717, 1.165) is 11.8 Å². The Morgan fingerprint density at radius 3 is 2.59 bits per heavy atom. The lowest BCUT2D eigenvalue weighted by Gasteiger charge is -2.25. The molecule has 1 heterocycles. The Bertz CT molecular complexity index is 1140. The first-order valence-electron chi connectivity index (χ1n) is 9.32. The van der Waals surface area contributed by atoms with Crippen LogP contribution >= 0.6 is 35.0 Å². The number of hydrogen-bond acceptors (Lipinski definition) is 6. The predicted molar refractivity (Wildman–Crippen MR) is 123 cm³/mol. The Balaban J connectivity index is 1.76. The van der Waals surface area contributed by atoms with E-state index < -0.39 is 11.9 Å². The maximum absolute atomic E-state index is 12.4. The number of anilines is 1. The summed E-state index contributed by atoms with van der Waals surface area (Å²) >= 11 is 13.0. The summed E-state index contributed by atoms with van der Waals surface area (Å²) < 4.78 is 4.69. The van der Waals surface area contributed by atoms with Crippen LogP contribution in [0.5, 0.6) is 0 Å². The Kier molecular flexibility index (Phi) is 7.80. The smallest absolute Gasteiger partial charge is 0.337 e. The second-order valence-electron chi connectivity index (χ2n) is 6.73. The second kappa shape index (κ2) is 10.6. The third-order valence-corrected chi connectivity index (χ3v) is 6.21. The zero-order chi connectivity index (χ0) is 23.3. The highest BCUT2D eigenvalue weighted by atomic mass is 35.5. The number of hydrogen-bond donors (Lipinski definition) is 2. The van der Waals surface area contributed by atoms with E-state index in [1.807, 2.05) is 0 Å². The summed E-state index contributed by atoms with van der Waals surface area (Å²) in [6.07, 6.45) is 0.0805. The minimum Gasteiger partial charge on any atom is -0.465 e. The molecule has 7 nitrogen and oxygen atoms in total. The normalized spacial score (nSPS) is 15.6. The lowest BCUT2D eigenvalue weighted by Crippen LogP contribution is -2.31. The number of nitrogens with one attached hydrogen (secondary N) is 2. The van der Waals surface area contributed by atoms with Crippen LogP contribution in [0.25, 0.3) is 0 Å². The molecule has 0 unspecified atom stereocenters. The number of carbonyl (C=O) groups excluding carboxylic acids is 3. The van der Waals surface area contributed by atoms with Gasteiger partial charge in [-0.3, -0.25) is 9.59 Å². The van der Waals surface area contributed by atoms with Crippen LogP contribution in [0.3, 0.4) is 0 Å².